The molecule has 3 amide bonds. The van der Waals surface area contributed by atoms with Gasteiger partial charge in [0.15, 0.2) is 0 Å². The van der Waals surface area contributed by atoms with Crippen molar-refractivity contribution in [3.63, 3.8) is 0 Å². The van der Waals surface area contributed by atoms with Crippen LogP contribution in [0.25, 0.3) is 0 Å². The summed E-state index contributed by atoms with van der Waals surface area (Å²) in [7, 11) is 0. The van der Waals surface area contributed by atoms with Gasteiger partial charge in [-0.3, -0.25) is 0 Å². The zero-order valence-electron chi connectivity index (χ0n) is 25.1. The number of ether oxygens (including phenoxy) is 4. The van der Waals surface area contributed by atoms with Crippen LogP contribution in [-0.4, -0.2) is 71.8 Å². The Balaban J connectivity index is 2.64. The standard InChI is InChI=1S/C29H43N3O10/c1-8-17-39-24(35)22(32-27(38)42-29(6,7)9-2)18-19-12-14-20(15-13-19)40-25(36)30-16-10-11-21(23(33)34)31-26(37)41-28(3,4)5/h8,12-15,21-22H,1,9-11,16-18H2,2-7H3,(H,30,36)(H,31,37)(H,32,38)(H,33,34)/t21-,22-/m0/s1. The molecule has 0 aliphatic rings. The van der Waals surface area contributed by atoms with E-state index in [0.29, 0.717) is 12.0 Å². The van der Waals surface area contributed by atoms with E-state index in [1.807, 2.05) is 6.92 Å². The normalized spacial score (nSPS) is 12.6. The molecule has 0 unspecified atom stereocenters. The summed E-state index contributed by atoms with van der Waals surface area (Å²) in [6, 6.07) is 4.07. The zero-order chi connectivity index (χ0) is 31.9. The molecule has 0 saturated heterocycles. The number of amides is 3. The summed E-state index contributed by atoms with van der Waals surface area (Å²) in [5.41, 5.74) is -0.837. The van der Waals surface area contributed by atoms with E-state index in [4.69, 9.17) is 18.9 Å². The minimum absolute atomic E-state index is 0.0222. The molecule has 13 heteroatoms. The first-order valence-corrected chi connectivity index (χ1v) is 13.6. The monoisotopic (exact) mass is 593 g/mol. The maximum Gasteiger partial charge on any atom is 0.412 e. The topological polar surface area (TPSA) is 179 Å². The van der Waals surface area contributed by atoms with Gasteiger partial charge in [0.25, 0.3) is 0 Å². The van der Waals surface area contributed by atoms with E-state index < -0.39 is 53.5 Å². The molecule has 1 rings (SSSR count). The molecule has 0 aliphatic heterocycles. The van der Waals surface area contributed by atoms with Crippen LogP contribution in [0.2, 0.25) is 0 Å². The third-order valence-electron chi connectivity index (χ3n) is 5.64. The smallest absolute Gasteiger partial charge is 0.412 e. The number of carbonyl (C=O) groups excluding carboxylic acids is 4. The lowest BCUT2D eigenvalue weighted by atomic mass is 10.1. The van der Waals surface area contributed by atoms with Crippen LogP contribution in [0.15, 0.2) is 36.9 Å². The Morgan fingerprint density at radius 2 is 1.52 bits per heavy atom. The van der Waals surface area contributed by atoms with Crippen molar-refractivity contribution in [2.45, 2.75) is 90.5 Å². The van der Waals surface area contributed by atoms with Crippen LogP contribution in [0.5, 0.6) is 5.75 Å². The summed E-state index contributed by atoms with van der Waals surface area (Å²) in [6.45, 7) is 13.9. The van der Waals surface area contributed by atoms with Crippen molar-refractivity contribution in [2.75, 3.05) is 13.2 Å². The Morgan fingerprint density at radius 3 is 2.07 bits per heavy atom. The average Bonchev–Trinajstić information content (AvgIpc) is 2.88. The van der Waals surface area contributed by atoms with Gasteiger partial charge in [-0.1, -0.05) is 31.7 Å². The first kappa shape index (κ1) is 35.7. The van der Waals surface area contributed by atoms with Crippen LogP contribution in [0, 0.1) is 0 Å². The van der Waals surface area contributed by atoms with Crippen molar-refractivity contribution in [3.8, 4) is 5.75 Å². The number of carboxylic acid groups (broad SMARTS) is 1. The highest BCUT2D eigenvalue weighted by molar-refractivity contribution is 5.82. The minimum Gasteiger partial charge on any atom is -0.480 e. The van der Waals surface area contributed by atoms with Crippen molar-refractivity contribution >= 4 is 30.2 Å². The van der Waals surface area contributed by atoms with Gasteiger partial charge in [-0.25, -0.2) is 24.0 Å². The van der Waals surface area contributed by atoms with Gasteiger partial charge in [0.05, 0.1) is 0 Å². The van der Waals surface area contributed by atoms with Gasteiger partial charge < -0.3 is 40.0 Å². The van der Waals surface area contributed by atoms with Gasteiger partial charge in [0.2, 0.25) is 0 Å². The fourth-order valence-corrected chi connectivity index (χ4v) is 3.21. The molecule has 0 spiro atoms. The first-order chi connectivity index (χ1) is 19.5. The van der Waals surface area contributed by atoms with E-state index in [1.54, 1.807) is 46.8 Å². The molecule has 4 N–H and O–H groups in total. The van der Waals surface area contributed by atoms with Crippen LogP contribution < -0.4 is 20.7 Å². The summed E-state index contributed by atoms with van der Waals surface area (Å²) in [5.74, 6) is -1.67. The molecule has 0 radical (unpaired) electrons. The van der Waals surface area contributed by atoms with Crippen molar-refractivity contribution in [1.82, 2.24) is 16.0 Å². The Morgan fingerprint density at radius 1 is 0.929 bits per heavy atom. The molecule has 0 bridgehead atoms. The first-order valence-electron chi connectivity index (χ1n) is 13.6. The molecule has 13 nitrogen and oxygen atoms in total. The molecule has 0 fully saturated rings. The van der Waals surface area contributed by atoms with E-state index in [2.05, 4.69) is 22.5 Å². The summed E-state index contributed by atoms with van der Waals surface area (Å²) < 4.78 is 20.8. The molecule has 1 aromatic carbocycles. The number of aliphatic carboxylic acids is 1. The molecule has 0 aromatic heterocycles. The van der Waals surface area contributed by atoms with Crippen molar-refractivity contribution in [1.29, 1.82) is 0 Å². The van der Waals surface area contributed by atoms with Crippen molar-refractivity contribution in [3.05, 3.63) is 42.5 Å². The number of benzene rings is 1. The number of hydrogen-bond acceptors (Lipinski definition) is 9. The van der Waals surface area contributed by atoms with Crippen LogP contribution in [0.3, 0.4) is 0 Å². The van der Waals surface area contributed by atoms with Crippen LogP contribution in [-0.2, 0) is 30.2 Å². The molecule has 0 aliphatic carbocycles. The van der Waals surface area contributed by atoms with E-state index in [0.717, 1.165) is 0 Å². The van der Waals surface area contributed by atoms with Crippen LogP contribution >= 0.6 is 0 Å². The summed E-state index contributed by atoms with van der Waals surface area (Å²) in [6.07, 6.45) is 0.0176. The molecule has 234 valence electrons. The molecule has 0 saturated carbocycles. The van der Waals surface area contributed by atoms with E-state index in [-0.39, 0.29) is 38.2 Å². The number of esters is 1. The second-order valence-corrected chi connectivity index (χ2v) is 11.0. The van der Waals surface area contributed by atoms with Gasteiger partial charge in [-0.2, -0.15) is 0 Å². The Hall–Kier alpha value is -4.29. The fraction of sp³-hybridized carbons (Fsp3) is 0.552. The Bertz CT molecular complexity index is 1080. The third-order valence-corrected chi connectivity index (χ3v) is 5.64. The number of carbonyl (C=O) groups is 5. The summed E-state index contributed by atoms with van der Waals surface area (Å²) in [4.78, 5) is 60.3. The lowest BCUT2D eigenvalue weighted by Crippen LogP contribution is -2.45. The van der Waals surface area contributed by atoms with Gasteiger partial charge in [-0.15, -0.1) is 0 Å². The van der Waals surface area contributed by atoms with Gasteiger partial charge >= 0.3 is 30.2 Å². The van der Waals surface area contributed by atoms with Crippen molar-refractivity contribution < 1.29 is 48.0 Å². The fourth-order valence-electron chi connectivity index (χ4n) is 3.21. The Labute approximate surface area is 246 Å². The van der Waals surface area contributed by atoms with E-state index in [9.17, 15) is 29.1 Å². The van der Waals surface area contributed by atoms with E-state index >= 15 is 0 Å². The number of hydrogen-bond donors (Lipinski definition) is 4. The molecular weight excluding hydrogens is 550 g/mol. The van der Waals surface area contributed by atoms with Gasteiger partial charge in [-0.05, 0) is 71.6 Å². The van der Waals surface area contributed by atoms with Gasteiger partial charge in [0, 0.05) is 13.0 Å². The second kappa shape index (κ2) is 16.8. The maximum atomic E-state index is 12.5. The average molecular weight is 594 g/mol. The quantitative estimate of drug-likeness (QED) is 0.100. The number of nitrogens with one attached hydrogen (secondary N) is 3. The predicted molar refractivity (Wildman–Crippen MR) is 153 cm³/mol. The zero-order valence-corrected chi connectivity index (χ0v) is 25.1. The van der Waals surface area contributed by atoms with Crippen LogP contribution in [0.4, 0.5) is 14.4 Å². The SMILES string of the molecule is C=CCOC(=O)[C@H](Cc1ccc(OC(=O)NCCC[C@H](NC(=O)OC(C)(C)C)C(=O)O)cc1)NC(=O)OC(C)(C)CC. The Kier molecular flexibility index (Phi) is 14.3. The molecular formula is C29H43N3O10. The molecule has 0 heterocycles. The predicted octanol–water partition coefficient (Wildman–Crippen LogP) is 4.09. The highest BCUT2D eigenvalue weighted by atomic mass is 16.6. The largest absolute Gasteiger partial charge is 0.480 e. The number of rotatable bonds is 15. The maximum absolute atomic E-state index is 12.5. The molecule has 2 atom stereocenters. The highest BCUT2D eigenvalue weighted by Gasteiger charge is 2.27. The van der Waals surface area contributed by atoms with Crippen LogP contribution in [0.1, 0.15) is 66.4 Å². The highest BCUT2D eigenvalue weighted by Crippen LogP contribution is 2.16. The minimum atomic E-state index is -1.23. The van der Waals surface area contributed by atoms with Crippen molar-refractivity contribution in [2.24, 2.45) is 0 Å². The number of carboxylic acids is 1. The summed E-state index contributed by atoms with van der Waals surface area (Å²) in [5, 5.41) is 16.7. The third kappa shape index (κ3) is 14.9. The second-order valence-electron chi connectivity index (χ2n) is 11.0. The van der Waals surface area contributed by atoms with Gasteiger partial charge in [0.1, 0.15) is 35.6 Å². The lowest BCUT2D eigenvalue weighted by Gasteiger charge is -2.25. The molecule has 42 heavy (non-hydrogen) atoms. The lowest BCUT2D eigenvalue weighted by molar-refractivity contribution is -0.145. The molecule has 1 aromatic rings. The summed E-state index contributed by atoms with van der Waals surface area (Å²) >= 11 is 0. The number of alkyl carbamates (subject to hydrolysis) is 2. The van der Waals surface area contributed by atoms with E-state index in [1.165, 1.54) is 18.2 Å².